The number of ether oxygens (including phenoxy) is 1. The molecule has 0 radical (unpaired) electrons. The van der Waals surface area contributed by atoms with E-state index in [-0.39, 0.29) is 29.8 Å². The number of rotatable bonds is 8. The third-order valence-corrected chi connectivity index (χ3v) is 5.80. The molecule has 0 fully saturated rings. The molecular formula is C19H23FN2O4S. The molecule has 2 rings (SSSR count). The van der Waals surface area contributed by atoms with Crippen LogP contribution in [0, 0.1) is 5.82 Å². The molecule has 0 aliphatic carbocycles. The number of nitrogens with one attached hydrogen (secondary N) is 1. The van der Waals surface area contributed by atoms with Gasteiger partial charge in [-0.15, -0.1) is 0 Å². The third kappa shape index (κ3) is 5.27. The number of benzene rings is 2. The van der Waals surface area contributed by atoms with Crippen molar-refractivity contribution in [1.82, 2.24) is 9.62 Å². The first-order valence-electron chi connectivity index (χ1n) is 8.40. The summed E-state index contributed by atoms with van der Waals surface area (Å²) in [7, 11) is -0.561. The molecule has 0 aromatic heterocycles. The zero-order valence-electron chi connectivity index (χ0n) is 15.5. The van der Waals surface area contributed by atoms with Gasteiger partial charge in [-0.1, -0.05) is 18.2 Å². The van der Waals surface area contributed by atoms with E-state index in [1.54, 1.807) is 19.1 Å². The van der Waals surface area contributed by atoms with E-state index in [2.05, 4.69) is 4.72 Å². The first kappa shape index (κ1) is 20.9. The van der Waals surface area contributed by atoms with Gasteiger partial charge >= 0.3 is 0 Å². The Balaban J connectivity index is 1.95. The highest BCUT2D eigenvalue weighted by molar-refractivity contribution is 7.89. The van der Waals surface area contributed by atoms with Crippen LogP contribution in [0.2, 0.25) is 0 Å². The maximum atomic E-state index is 12.9. The van der Waals surface area contributed by atoms with Gasteiger partial charge in [0.15, 0.2) is 0 Å². The summed E-state index contributed by atoms with van der Waals surface area (Å²) in [6.45, 7) is 1.82. The largest absolute Gasteiger partial charge is 0.496 e. The molecule has 0 aliphatic rings. The SMILES string of the molecule is COc1ccccc1C(C)N(C)C(=O)CCNS(=O)(=O)c1ccc(F)cc1. The maximum Gasteiger partial charge on any atom is 0.240 e. The molecule has 1 atom stereocenters. The number of hydrogen-bond acceptors (Lipinski definition) is 4. The predicted molar refractivity (Wildman–Crippen MR) is 100 cm³/mol. The first-order chi connectivity index (χ1) is 12.8. The number of sulfonamides is 1. The maximum absolute atomic E-state index is 12.9. The number of hydrogen-bond donors (Lipinski definition) is 1. The van der Waals surface area contributed by atoms with Gasteiger partial charge < -0.3 is 9.64 Å². The monoisotopic (exact) mass is 394 g/mol. The van der Waals surface area contributed by atoms with Gasteiger partial charge in [0.2, 0.25) is 15.9 Å². The Morgan fingerprint density at radius 2 is 1.81 bits per heavy atom. The molecule has 0 saturated heterocycles. The van der Waals surface area contributed by atoms with Crippen LogP contribution in [0.3, 0.4) is 0 Å². The van der Waals surface area contributed by atoms with Gasteiger partial charge in [0, 0.05) is 25.6 Å². The van der Waals surface area contributed by atoms with Crippen LogP contribution in [0.4, 0.5) is 4.39 Å². The second-order valence-electron chi connectivity index (χ2n) is 6.02. The van der Waals surface area contributed by atoms with E-state index in [4.69, 9.17) is 4.74 Å². The van der Waals surface area contributed by atoms with Gasteiger partial charge in [-0.25, -0.2) is 17.5 Å². The van der Waals surface area contributed by atoms with Crippen LogP contribution < -0.4 is 9.46 Å². The van der Waals surface area contributed by atoms with Crippen molar-refractivity contribution in [3.05, 3.63) is 59.9 Å². The van der Waals surface area contributed by atoms with Crippen LogP contribution in [0.5, 0.6) is 5.75 Å². The third-order valence-electron chi connectivity index (χ3n) is 4.32. The topological polar surface area (TPSA) is 75.7 Å². The Morgan fingerprint density at radius 3 is 2.44 bits per heavy atom. The van der Waals surface area contributed by atoms with Crippen molar-refractivity contribution in [3.8, 4) is 5.75 Å². The fraction of sp³-hybridized carbons (Fsp3) is 0.316. The number of amides is 1. The molecule has 2 aromatic carbocycles. The molecule has 1 unspecified atom stereocenters. The first-order valence-corrected chi connectivity index (χ1v) is 9.88. The van der Waals surface area contributed by atoms with Crippen molar-refractivity contribution < 1.29 is 22.3 Å². The number of nitrogens with zero attached hydrogens (tertiary/aromatic N) is 1. The summed E-state index contributed by atoms with van der Waals surface area (Å²) in [5.74, 6) is -0.0482. The highest BCUT2D eigenvalue weighted by Crippen LogP contribution is 2.28. The van der Waals surface area contributed by atoms with Crippen molar-refractivity contribution in [2.75, 3.05) is 20.7 Å². The Hall–Kier alpha value is -2.45. The lowest BCUT2D eigenvalue weighted by molar-refractivity contribution is -0.131. The van der Waals surface area contributed by atoms with Crippen LogP contribution in [0.1, 0.15) is 24.9 Å². The minimum absolute atomic E-state index is 0.00356. The van der Waals surface area contributed by atoms with Crippen LogP contribution >= 0.6 is 0 Å². The van der Waals surface area contributed by atoms with E-state index in [1.807, 2.05) is 31.2 Å². The molecule has 2 aromatic rings. The smallest absolute Gasteiger partial charge is 0.240 e. The Labute approximate surface area is 159 Å². The van der Waals surface area contributed by atoms with Crippen molar-refractivity contribution in [2.45, 2.75) is 24.3 Å². The van der Waals surface area contributed by atoms with E-state index in [9.17, 15) is 17.6 Å². The Morgan fingerprint density at radius 1 is 1.19 bits per heavy atom. The summed E-state index contributed by atoms with van der Waals surface area (Å²) < 4.78 is 44.9. The average molecular weight is 394 g/mol. The summed E-state index contributed by atoms with van der Waals surface area (Å²) in [6.07, 6.45) is -0.00356. The summed E-state index contributed by atoms with van der Waals surface area (Å²) >= 11 is 0. The lowest BCUT2D eigenvalue weighted by Gasteiger charge is -2.26. The summed E-state index contributed by atoms with van der Waals surface area (Å²) in [6, 6.07) is 11.7. The number of carbonyl (C=O) groups is 1. The van der Waals surface area contributed by atoms with Crippen LogP contribution in [0.25, 0.3) is 0 Å². The minimum Gasteiger partial charge on any atom is -0.496 e. The van der Waals surface area contributed by atoms with Gasteiger partial charge in [-0.05, 0) is 37.3 Å². The van der Waals surface area contributed by atoms with E-state index in [0.29, 0.717) is 5.75 Å². The highest BCUT2D eigenvalue weighted by Gasteiger charge is 2.21. The molecule has 8 heteroatoms. The van der Waals surface area contributed by atoms with Crippen molar-refractivity contribution >= 4 is 15.9 Å². The summed E-state index contributed by atoms with van der Waals surface area (Å²) in [5.41, 5.74) is 0.864. The van der Waals surface area contributed by atoms with Gasteiger partial charge in [-0.3, -0.25) is 4.79 Å². The standard InChI is InChI=1S/C19H23FN2O4S/c1-14(17-6-4-5-7-18(17)26-3)22(2)19(23)12-13-21-27(24,25)16-10-8-15(20)9-11-16/h4-11,14,21H,12-13H2,1-3H3. The lowest BCUT2D eigenvalue weighted by atomic mass is 10.1. The average Bonchev–Trinajstić information content (AvgIpc) is 2.66. The molecule has 0 bridgehead atoms. The Bertz CT molecular complexity index is 885. The second kappa shape index (κ2) is 8.96. The van der Waals surface area contributed by atoms with E-state index < -0.39 is 15.8 Å². The molecule has 146 valence electrons. The van der Waals surface area contributed by atoms with Crippen molar-refractivity contribution in [1.29, 1.82) is 0 Å². The zero-order valence-corrected chi connectivity index (χ0v) is 16.3. The summed E-state index contributed by atoms with van der Waals surface area (Å²) in [5, 5.41) is 0. The molecule has 0 heterocycles. The second-order valence-corrected chi connectivity index (χ2v) is 7.79. The van der Waals surface area contributed by atoms with Crippen molar-refractivity contribution in [2.24, 2.45) is 0 Å². The van der Waals surface area contributed by atoms with E-state index in [0.717, 1.165) is 17.7 Å². The van der Waals surface area contributed by atoms with Gasteiger partial charge in [0.1, 0.15) is 11.6 Å². The molecular weight excluding hydrogens is 371 g/mol. The molecule has 1 N–H and O–H groups in total. The fourth-order valence-electron chi connectivity index (χ4n) is 2.60. The Kier molecular flexibility index (Phi) is 6.92. The summed E-state index contributed by atoms with van der Waals surface area (Å²) in [4.78, 5) is 13.9. The quantitative estimate of drug-likeness (QED) is 0.747. The number of para-hydroxylation sites is 1. The molecule has 27 heavy (non-hydrogen) atoms. The predicted octanol–water partition coefficient (Wildman–Crippen LogP) is 2.72. The van der Waals surface area contributed by atoms with Gasteiger partial charge in [0.05, 0.1) is 18.0 Å². The normalized spacial score (nSPS) is 12.4. The number of halogens is 1. The zero-order chi connectivity index (χ0) is 20.0. The molecule has 0 saturated carbocycles. The van der Waals surface area contributed by atoms with Crippen LogP contribution in [0.15, 0.2) is 53.4 Å². The van der Waals surface area contributed by atoms with Gasteiger partial charge in [0.25, 0.3) is 0 Å². The number of methoxy groups -OCH3 is 1. The minimum atomic E-state index is -3.79. The van der Waals surface area contributed by atoms with Gasteiger partial charge in [-0.2, -0.15) is 0 Å². The lowest BCUT2D eigenvalue weighted by Crippen LogP contribution is -2.33. The fourth-order valence-corrected chi connectivity index (χ4v) is 3.63. The molecule has 0 aliphatic heterocycles. The van der Waals surface area contributed by atoms with Crippen LogP contribution in [-0.4, -0.2) is 39.9 Å². The number of carbonyl (C=O) groups excluding carboxylic acids is 1. The van der Waals surface area contributed by atoms with Crippen molar-refractivity contribution in [3.63, 3.8) is 0 Å². The van der Waals surface area contributed by atoms with E-state index in [1.165, 1.54) is 12.1 Å². The molecule has 1 amide bonds. The molecule has 6 nitrogen and oxygen atoms in total. The van der Waals surface area contributed by atoms with Crippen LogP contribution in [-0.2, 0) is 14.8 Å². The van der Waals surface area contributed by atoms with E-state index >= 15 is 0 Å². The highest BCUT2D eigenvalue weighted by atomic mass is 32.2. The molecule has 0 spiro atoms.